The molecule has 0 aliphatic rings. The fourth-order valence-corrected chi connectivity index (χ4v) is 2.76. The minimum absolute atomic E-state index is 0.0694. The molecule has 0 saturated heterocycles. The summed E-state index contributed by atoms with van der Waals surface area (Å²) in [6.45, 7) is 6.08. The summed E-state index contributed by atoms with van der Waals surface area (Å²) < 4.78 is 1.55. The van der Waals surface area contributed by atoms with Gasteiger partial charge < -0.3 is 10.6 Å². The van der Waals surface area contributed by atoms with E-state index in [4.69, 9.17) is 0 Å². The van der Waals surface area contributed by atoms with E-state index in [2.05, 4.69) is 26.2 Å². The molecule has 1 heterocycles. The summed E-state index contributed by atoms with van der Waals surface area (Å²) >= 11 is 0. The highest BCUT2D eigenvalue weighted by atomic mass is 16.1. The number of nitrogens with zero attached hydrogens (tertiary/aromatic N) is 4. The van der Waals surface area contributed by atoms with Crippen LogP contribution in [0.2, 0.25) is 0 Å². The van der Waals surface area contributed by atoms with Crippen molar-refractivity contribution in [3.8, 4) is 5.69 Å². The monoisotopic (exact) mass is 336 g/mol. The van der Waals surface area contributed by atoms with E-state index in [9.17, 15) is 4.79 Å². The maximum Gasteiger partial charge on any atom is 0.248 e. The van der Waals surface area contributed by atoms with Crippen LogP contribution in [0.5, 0.6) is 0 Å². The summed E-state index contributed by atoms with van der Waals surface area (Å²) in [7, 11) is 0. The fraction of sp³-hybridized carbons (Fsp3) is 0.222. The summed E-state index contributed by atoms with van der Waals surface area (Å²) in [5.74, 6) is 0.261. The molecular weight excluding hydrogens is 316 g/mol. The molecule has 3 aromatic rings. The Morgan fingerprint density at radius 1 is 1.08 bits per heavy atom. The number of hydrogen-bond acceptors (Lipinski definition) is 5. The van der Waals surface area contributed by atoms with Crippen molar-refractivity contribution in [3.63, 3.8) is 0 Å². The van der Waals surface area contributed by atoms with Crippen LogP contribution >= 0.6 is 0 Å². The first kappa shape index (κ1) is 16.6. The maximum atomic E-state index is 12.3. The second kappa shape index (κ2) is 7.12. The molecule has 0 bridgehead atoms. The average molecular weight is 336 g/mol. The number of aromatic nitrogens is 4. The first-order valence-corrected chi connectivity index (χ1v) is 8.00. The van der Waals surface area contributed by atoms with E-state index in [1.807, 2.05) is 63.2 Å². The first-order valence-electron chi connectivity index (χ1n) is 8.00. The lowest BCUT2D eigenvalue weighted by molar-refractivity contribution is -0.114. The molecule has 1 aromatic heterocycles. The van der Waals surface area contributed by atoms with Gasteiger partial charge in [-0.2, -0.15) is 4.68 Å². The van der Waals surface area contributed by atoms with Crippen LogP contribution in [0.1, 0.15) is 16.7 Å². The third kappa shape index (κ3) is 3.82. The van der Waals surface area contributed by atoms with Crippen molar-refractivity contribution in [2.45, 2.75) is 20.8 Å². The van der Waals surface area contributed by atoms with E-state index in [0.717, 1.165) is 22.5 Å². The molecule has 0 radical (unpaired) electrons. The summed E-state index contributed by atoms with van der Waals surface area (Å²) in [5.41, 5.74) is 4.92. The molecule has 1 amide bonds. The molecule has 7 heteroatoms. The van der Waals surface area contributed by atoms with Gasteiger partial charge in [0, 0.05) is 5.69 Å². The number of aryl methyl sites for hydroxylation is 3. The van der Waals surface area contributed by atoms with E-state index in [1.54, 1.807) is 4.68 Å². The molecular formula is C18H20N6O. The third-order valence-electron chi connectivity index (χ3n) is 3.82. The third-order valence-corrected chi connectivity index (χ3v) is 3.82. The van der Waals surface area contributed by atoms with Gasteiger partial charge in [0.1, 0.15) is 0 Å². The van der Waals surface area contributed by atoms with Crippen molar-refractivity contribution in [3.05, 3.63) is 59.2 Å². The van der Waals surface area contributed by atoms with Gasteiger partial charge in [0.15, 0.2) is 0 Å². The van der Waals surface area contributed by atoms with Crippen LogP contribution in [-0.2, 0) is 4.79 Å². The highest BCUT2D eigenvalue weighted by molar-refractivity contribution is 5.95. The normalized spacial score (nSPS) is 10.5. The maximum absolute atomic E-state index is 12.3. The largest absolute Gasteiger partial charge is 0.344 e. The van der Waals surface area contributed by atoms with Crippen LogP contribution in [0.25, 0.3) is 5.69 Å². The van der Waals surface area contributed by atoms with Crippen LogP contribution < -0.4 is 10.6 Å². The molecule has 25 heavy (non-hydrogen) atoms. The van der Waals surface area contributed by atoms with E-state index in [0.29, 0.717) is 5.95 Å². The van der Waals surface area contributed by atoms with Gasteiger partial charge in [0.25, 0.3) is 0 Å². The van der Waals surface area contributed by atoms with Crippen molar-refractivity contribution in [1.82, 2.24) is 20.2 Å². The highest BCUT2D eigenvalue weighted by Crippen LogP contribution is 2.21. The molecule has 0 unspecified atom stereocenters. The summed E-state index contributed by atoms with van der Waals surface area (Å²) in [6.07, 6.45) is 0. The predicted molar refractivity (Wildman–Crippen MR) is 96.9 cm³/mol. The minimum atomic E-state index is -0.155. The van der Waals surface area contributed by atoms with Gasteiger partial charge in [0.05, 0.1) is 12.2 Å². The smallest absolute Gasteiger partial charge is 0.248 e. The molecule has 0 atom stereocenters. The molecule has 2 N–H and O–H groups in total. The van der Waals surface area contributed by atoms with E-state index < -0.39 is 0 Å². The minimum Gasteiger partial charge on any atom is -0.344 e. The van der Waals surface area contributed by atoms with Crippen LogP contribution in [0.3, 0.4) is 0 Å². The molecule has 0 saturated carbocycles. The number of carbonyl (C=O) groups excluding carboxylic acids is 1. The lowest BCUT2D eigenvalue weighted by Crippen LogP contribution is -2.24. The molecule has 7 nitrogen and oxygen atoms in total. The van der Waals surface area contributed by atoms with E-state index in [-0.39, 0.29) is 12.5 Å². The zero-order valence-electron chi connectivity index (χ0n) is 14.4. The van der Waals surface area contributed by atoms with Crippen LogP contribution in [0.15, 0.2) is 42.5 Å². The van der Waals surface area contributed by atoms with E-state index >= 15 is 0 Å². The van der Waals surface area contributed by atoms with Gasteiger partial charge >= 0.3 is 0 Å². The number of benzene rings is 2. The molecule has 0 spiro atoms. The van der Waals surface area contributed by atoms with Gasteiger partial charge in [-0.15, -0.1) is 0 Å². The highest BCUT2D eigenvalue weighted by Gasteiger charge is 2.11. The summed E-state index contributed by atoms with van der Waals surface area (Å²) in [4.78, 5) is 12.3. The lowest BCUT2D eigenvalue weighted by atomic mass is 10.1. The quantitative estimate of drug-likeness (QED) is 0.748. The predicted octanol–water partition coefficient (Wildman–Crippen LogP) is 2.64. The van der Waals surface area contributed by atoms with Crippen LogP contribution in [-0.4, -0.2) is 32.7 Å². The SMILES string of the molecule is Cc1cc(C)c(NC(=O)CNc2nnnn2-c2ccccc2)c(C)c1. The second-order valence-corrected chi connectivity index (χ2v) is 5.93. The average Bonchev–Trinajstić information content (AvgIpc) is 3.05. The Kier molecular flexibility index (Phi) is 4.74. The standard InChI is InChI=1S/C18H20N6O/c1-12-9-13(2)17(14(3)10-12)20-16(25)11-19-18-21-22-23-24(18)15-7-5-4-6-8-15/h4-10H,11H2,1-3H3,(H,20,25)(H,19,21,23). The zero-order chi connectivity index (χ0) is 17.8. The van der Waals surface area contributed by atoms with Crippen molar-refractivity contribution >= 4 is 17.5 Å². The van der Waals surface area contributed by atoms with Gasteiger partial charge in [-0.25, -0.2) is 0 Å². The second-order valence-electron chi connectivity index (χ2n) is 5.93. The van der Waals surface area contributed by atoms with Gasteiger partial charge in [0.2, 0.25) is 11.9 Å². The Labute approximate surface area is 146 Å². The topological polar surface area (TPSA) is 84.7 Å². The number of hydrogen-bond donors (Lipinski definition) is 2. The van der Waals surface area contributed by atoms with Crippen molar-refractivity contribution in [2.24, 2.45) is 0 Å². The van der Waals surface area contributed by atoms with Crippen molar-refractivity contribution in [1.29, 1.82) is 0 Å². The van der Waals surface area contributed by atoms with Crippen LogP contribution in [0.4, 0.5) is 11.6 Å². The molecule has 0 fully saturated rings. The zero-order valence-corrected chi connectivity index (χ0v) is 14.4. The first-order chi connectivity index (χ1) is 12.0. The number of anilines is 2. The van der Waals surface area contributed by atoms with Crippen molar-refractivity contribution < 1.29 is 4.79 Å². The lowest BCUT2D eigenvalue weighted by Gasteiger charge is -2.13. The number of para-hydroxylation sites is 1. The van der Waals surface area contributed by atoms with Crippen LogP contribution in [0, 0.1) is 20.8 Å². The number of tetrazole rings is 1. The summed E-state index contributed by atoms with van der Waals surface area (Å²) in [6, 6.07) is 13.6. The molecule has 2 aromatic carbocycles. The van der Waals surface area contributed by atoms with E-state index in [1.165, 1.54) is 5.56 Å². The Balaban J connectivity index is 1.67. The molecule has 128 valence electrons. The van der Waals surface area contributed by atoms with Crippen molar-refractivity contribution in [2.75, 3.05) is 17.2 Å². The van der Waals surface area contributed by atoms with Gasteiger partial charge in [-0.3, -0.25) is 4.79 Å². The van der Waals surface area contributed by atoms with Gasteiger partial charge in [-0.05, 0) is 54.5 Å². The molecule has 0 aliphatic heterocycles. The molecule has 0 aliphatic carbocycles. The number of carbonyl (C=O) groups is 1. The Bertz CT molecular complexity index is 865. The Morgan fingerprint density at radius 3 is 2.44 bits per heavy atom. The molecule has 3 rings (SSSR count). The van der Waals surface area contributed by atoms with Gasteiger partial charge in [-0.1, -0.05) is 41.0 Å². The number of nitrogens with one attached hydrogen (secondary N) is 2. The number of rotatable bonds is 5. The Morgan fingerprint density at radius 2 is 1.76 bits per heavy atom. The fourth-order valence-electron chi connectivity index (χ4n) is 2.76. The summed E-state index contributed by atoms with van der Waals surface area (Å²) in [5, 5.41) is 17.5. The Hall–Kier alpha value is -3.22. The number of amides is 1.